The van der Waals surface area contributed by atoms with Crippen LogP contribution in [0.1, 0.15) is 27.7 Å². The van der Waals surface area contributed by atoms with Gasteiger partial charge in [0, 0.05) is 0 Å². The first-order valence-electron chi connectivity index (χ1n) is 3.83. The zero-order valence-electron chi connectivity index (χ0n) is 8.07. The van der Waals surface area contributed by atoms with E-state index in [1.165, 1.54) is 0 Å². The van der Waals surface area contributed by atoms with Crippen LogP contribution < -0.4 is 24.2 Å². The summed E-state index contributed by atoms with van der Waals surface area (Å²) in [6, 6.07) is 0. The average Bonchev–Trinajstić information content (AvgIpc) is 1.63. The summed E-state index contributed by atoms with van der Waals surface area (Å²) in [6.07, 6.45) is 0. The Labute approximate surface area is 77.1 Å². The van der Waals surface area contributed by atoms with Crippen molar-refractivity contribution in [2.75, 3.05) is 13.1 Å². The van der Waals surface area contributed by atoms with Crippen molar-refractivity contribution in [3.8, 4) is 0 Å². The number of hydrogen-bond donors (Lipinski definition) is 1. The predicted molar refractivity (Wildman–Crippen MR) is 42.5 cm³/mol. The van der Waals surface area contributed by atoms with Gasteiger partial charge in [-0.1, -0.05) is 27.7 Å². The molecule has 0 bridgehead atoms. The second-order valence-corrected chi connectivity index (χ2v) is 3.45. The molecule has 0 saturated carbocycles. The van der Waals surface area contributed by atoms with Gasteiger partial charge in [0.2, 0.25) is 0 Å². The van der Waals surface area contributed by atoms with Crippen molar-refractivity contribution in [2.24, 2.45) is 11.8 Å². The molecule has 0 aromatic rings. The summed E-state index contributed by atoms with van der Waals surface area (Å²) in [6.45, 7) is 11.2. The second kappa shape index (κ2) is 7.66. The van der Waals surface area contributed by atoms with Crippen molar-refractivity contribution in [1.29, 1.82) is 0 Å². The third-order valence-corrected chi connectivity index (χ3v) is 1.11. The Kier molecular flexibility index (Phi) is 10.1. The minimum absolute atomic E-state index is 0. The normalized spacial score (nSPS) is 10.2. The molecule has 10 heavy (non-hydrogen) atoms. The molecular weight excluding hydrogens is 117 g/mol. The SMILES string of the molecule is CC(C)CNCC(C)C.[Li+]. The predicted octanol–water partition coefficient (Wildman–Crippen LogP) is -1.11. The van der Waals surface area contributed by atoms with Crippen molar-refractivity contribution in [3.63, 3.8) is 0 Å². The molecule has 1 nitrogen and oxygen atoms in total. The summed E-state index contributed by atoms with van der Waals surface area (Å²) in [4.78, 5) is 0. The first kappa shape index (κ1) is 13.2. The quantitative estimate of drug-likeness (QED) is 0.483. The van der Waals surface area contributed by atoms with Crippen LogP contribution in [0.15, 0.2) is 0 Å². The molecule has 0 aromatic heterocycles. The fraction of sp³-hybridized carbons (Fsp3) is 1.00. The fourth-order valence-electron chi connectivity index (χ4n) is 0.661. The molecule has 0 aliphatic rings. The molecule has 0 amide bonds. The van der Waals surface area contributed by atoms with Crippen LogP contribution in [0, 0.1) is 11.8 Å². The molecule has 56 valence electrons. The molecule has 0 aromatic carbocycles. The van der Waals surface area contributed by atoms with Gasteiger partial charge in [-0.15, -0.1) is 0 Å². The van der Waals surface area contributed by atoms with E-state index >= 15 is 0 Å². The first-order chi connectivity index (χ1) is 4.13. The monoisotopic (exact) mass is 136 g/mol. The number of rotatable bonds is 4. The van der Waals surface area contributed by atoms with E-state index in [1.54, 1.807) is 0 Å². The van der Waals surface area contributed by atoms with Crippen LogP contribution in [0.3, 0.4) is 0 Å². The molecule has 0 aliphatic heterocycles. The van der Waals surface area contributed by atoms with E-state index in [9.17, 15) is 0 Å². The smallest absolute Gasteiger partial charge is 0.316 e. The fourth-order valence-corrected chi connectivity index (χ4v) is 0.661. The van der Waals surface area contributed by atoms with Crippen molar-refractivity contribution in [3.05, 3.63) is 0 Å². The Morgan fingerprint density at radius 2 is 1.20 bits per heavy atom. The molecule has 0 aliphatic carbocycles. The summed E-state index contributed by atoms with van der Waals surface area (Å²) < 4.78 is 0. The molecule has 0 heterocycles. The van der Waals surface area contributed by atoms with Gasteiger partial charge < -0.3 is 5.32 Å². The molecule has 0 rings (SSSR count). The van der Waals surface area contributed by atoms with Gasteiger partial charge in [-0.05, 0) is 24.9 Å². The van der Waals surface area contributed by atoms with Gasteiger partial charge in [-0.3, -0.25) is 0 Å². The van der Waals surface area contributed by atoms with Crippen LogP contribution in [0.5, 0.6) is 0 Å². The molecule has 0 saturated heterocycles. The molecule has 2 heteroatoms. The Balaban J connectivity index is 0. The average molecular weight is 136 g/mol. The summed E-state index contributed by atoms with van der Waals surface area (Å²) in [5.41, 5.74) is 0. The zero-order chi connectivity index (χ0) is 7.28. The molecule has 0 radical (unpaired) electrons. The number of hydrogen-bond acceptors (Lipinski definition) is 1. The third kappa shape index (κ3) is 11.4. The van der Waals surface area contributed by atoms with E-state index < -0.39 is 0 Å². The summed E-state index contributed by atoms with van der Waals surface area (Å²) in [5, 5.41) is 3.38. The van der Waals surface area contributed by atoms with Crippen LogP contribution in [0.2, 0.25) is 0 Å². The van der Waals surface area contributed by atoms with Gasteiger partial charge in [0.1, 0.15) is 0 Å². The van der Waals surface area contributed by atoms with Crippen molar-refractivity contribution in [1.82, 2.24) is 5.32 Å². The first-order valence-corrected chi connectivity index (χ1v) is 3.83. The summed E-state index contributed by atoms with van der Waals surface area (Å²) in [5.74, 6) is 1.56. The van der Waals surface area contributed by atoms with E-state index in [2.05, 4.69) is 33.0 Å². The van der Waals surface area contributed by atoms with Crippen molar-refractivity contribution >= 4 is 0 Å². The van der Waals surface area contributed by atoms with Crippen LogP contribution >= 0.6 is 0 Å². The molecule has 0 fully saturated rings. The second-order valence-electron chi connectivity index (χ2n) is 3.45. The van der Waals surface area contributed by atoms with E-state index in [-0.39, 0.29) is 18.9 Å². The molecule has 0 unspecified atom stereocenters. The van der Waals surface area contributed by atoms with Crippen molar-refractivity contribution < 1.29 is 18.9 Å². The zero-order valence-corrected chi connectivity index (χ0v) is 8.07. The Bertz CT molecular complexity index is 54.3. The summed E-state index contributed by atoms with van der Waals surface area (Å²) in [7, 11) is 0. The van der Waals surface area contributed by atoms with Gasteiger partial charge in [0.05, 0.1) is 0 Å². The summed E-state index contributed by atoms with van der Waals surface area (Å²) >= 11 is 0. The van der Waals surface area contributed by atoms with Gasteiger partial charge in [0.15, 0.2) is 0 Å². The van der Waals surface area contributed by atoms with Crippen LogP contribution in [0.25, 0.3) is 0 Å². The van der Waals surface area contributed by atoms with Gasteiger partial charge in [-0.25, -0.2) is 0 Å². The molecular formula is C8H19LiN+. The largest absolute Gasteiger partial charge is 1.00 e. The minimum atomic E-state index is 0. The Morgan fingerprint density at radius 1 is 0.900 bits per heavy atom. The van der Waals surface area contributed by atoms with Gasteiger partial charge in [0.25, 0.3) is 0 Å². The Hall–Kier alpha value is 0.557. The van der Waals surface area contributed by atoms with Crippen LogP contribution in [-0.4, -0.2) is 13.1 Å². The minimum Gasteiger partial charge on any atom is -0.316 e. The van der Waals surface area contributed by atoms with Gasteiger partial charge >= 0.3 is 18.9 Å². The van der Waals surface area contributed by atoms with Crippen molar-refractivity contribution in [2.45, 2.75) is 27.7 Å². The molecule has 0 atom stereocenters. The van der Waals surface area contributed by atoms with E-state index in [1.807, 2.05) is 0 Å². The Morgan fingerprint density at radius 3 is 1.40 bits per heavy atom. The maximum Gasteiger partial charge on any atom is 1.00 e. The van der Waals surface area contributed by atoms with E-state index in [4.69, 9.17) is 0 Å². The van der Waals surface area contributed by atoms with Gasteiger partial charge in [-0.2, -0.15) is 0 Å². The molecule has 0 spiro atoms. The van der Waals surface area contributed by atoms with E-state index in [0.29, 0.717) is 0 Å². The topological polar surface area (TPSA) is 12.0 Å². The van der Waals surface area contributed by atoms with E-state index in [0.717, 1.165) is 24.9 Å². The van der Waals surface area contributed by atoms with Crippen LogP contribution in [0.4, 0.5) is 0 Å². The third-order valence-electron chi connectivity index (χ3n) is 1.11. The van der Waals surface area contributed by atoms with Crippen LogP contribution in [-0.2, 0) is 0 Å². The standard InChI is InChI=1S/C8H19N.Li/c1-7(2)5-9-6-8(3)4;/h7-9H,5-6H2,1-4H3;/q;+1. The maximum atomic E-state index is 3.38. The maximum absolute atomic E-state index is 3.38. The molecule has 1 N–H and O–H groups in total. The number of nitrogens with one attached hydrogen (secondary N) is 1.